The number of nitrogens with one attached hydrogen (secondary N) is 2. The van der Waals surface area contributed by atoms with Crippen LogP contribution in [0.15, 0.2) is 55.1 Å². The molecule has 30 heavy (non-hydrogen) atoms. The summed E-state index contributed by atoms with van der Waals surface area (Å²) in [5.74, 6) is -0.198. The van der Waals surface area contributed by atoms with Gasteiger partial charge in [0.05, 0.1) is 0 Å². The zero-order valence-corrected chi connectivity index (χ0v) is 17.0. The lowest BCUT2D eigenvalue weighted by molar-refractivity contribution is -0.116. The largest absolute Gasteiger partial charge is 0.349 e. The van der Waals surface area contributed by atoms with E-state index >= 15 is 0 Å². The Kier molecular flexibility index (Phi) is 5.88. The third-order valence-electron chi connectivity index (χ3n) is 5.42. The number of hydrogen-bond donors (Lipinski definition) is 2. The van der Waals surface area contributed by atoms with Gasteiger partial charge in [-0.25, -0.2) is 4.98 Å². The number of rotatable bonds is 7. The average molecular weight is 403 g/mol. The molecular formula is C23H25N5O2. The number of nitrogens with zero attached hydrogens (tertiary/aromatic N) is 3. The standard InChI is InChI=1S/C23H25N5O2/c1-16-8-9-19(23(30)26-20-11-17-5-2-3-6-18(17)12-20)13-21(16)27-22(29)7-4-10-28-15-24-14-25-28/h2-3,5-6,8-9,13-15,20H,4,7,10-12H2,1H3,(H,26,30)(H,27,29). The minimum Gasteiger partial charge on any atom is -0.349 e. The molecule has 4 rings (SSSR count). The van der Waals surface area contributed by atoms with Gasteiger partial charge in [-0.05, 0) is 55.0 Å². The maximum atomic E-state index is 12.8. The van der Waals surface area contributed by atoms with E-state index in [1.165, 1.54) is 17.5 Å². The van der Waals surface area contributed by atoms with Gasteiger partial charge >= 0.3 is 0 Å². The first kappa shape index (κ1) is 19.8. The van der Waals surface area contributed by atoms with Crippen molar-refractivity contribution >= 4 is 17.5 Å². The lowest BCUT2D eigenvalue weighted by atomic mass is 10.1. The van der Waals surface area contributed by atoms with Crippen molar-refractivity contribution in [2.75, 3.05) is 5.32 Å². The van der Waals surface area contributed by atoms with Crippen LogP contribution in [0.1, 0.15) is 39.9 Å². The van der Waals surface area contributed by atoms with E-state index < -0.39 is 0 Å². The summed E-state index contributed by atoms with van der Waals surface area (Å²) in [7, 11) is 0. The summed E-state index contributed by atoms with van der Waals surface area (Å²) in [6.45, 7) is 2.55. The third kappa shape index (κ3) is 4.74. The van der Waals surface area contributed by atoms with Crippen molar-refractivity contribution in [2.24, 2.45) is 0 Å². The summed E-state index contributed by atoms with van der Waals surface area (Å²) in [4.78, 5) is 29.0. The van der Waals surface area contributed by atoms with E-state index in [-0.39, 0.29) is 17.9 Å². The molecular weight excluding hydrogens is 378 g/mol. The van der Waals surface area contributed by atoms with E-state index in [0.29, 0.717) is 30.6 Å². The Bertz CT molecular complexity index is 1020. The van der Waals surface area contributed by atoms with Gasteiger partial charge < -0.3 is 10.6 Å². The molecule has 0 aliphatic heterocycles. The fourth-order valence-electron chi connectivity index (χ4n) is 3.79. The van der Waals surface area contributed by atoms with Crippen molar-refractivity contribution in [3.8, 4) is 0 Å². The molecule has 2 N–H and O–H groups in total. The molecule has 1 aliphatic carbocycles. The Labute approximate surface area is 175 Å². The van der Waals surface area contributed by atoms with E-state index in [1.807, 2.05) is 25.1 Å². The number of carbonyl (C=O) groups excluding carboxylic acids is 2. The Morgan fingerprint density at radius 3 is 2.60 bits per heavy atom. The third-order valence-corrected chi connectivity index (χ3v) is 5.42. The molecule has 0 spiro atoms. The van der Waals surface area contributed by atoms with E-state index in [4.69, 9.17) is 0 Å². The van der Waals surface area contributed by atoms with Gasteiger partial charge in [-0.15, -0.1) is 0 Å². The van der Waals surface area contributed by atoms with Gasteiger partial charge in [0.1, 0.15) is 12.7 Å². The highest BCUT2D eigenvalue weighted by Crippen LogP contribution is 2.23. The second-order valence-electron chi connectivity index (χ2n) is 7.69. The number of fused-ring (bicyclic) bond motifs is 1. The highest BCUT2D eigenvalue weighted by atomic mass is 16.2. The van der Waals surface area contributed by atoms with Crippen LogP contribution in [0.2, 0.25) is 0 Å². The maximum absolute atomic E-state index is 12.8. The first-order valence-electron chi connectivity index (χ1n) is 10.2. The SMILES string of the molecule is Cc1ccc(C(=O)NC2Cc3ccccc3C2)cc1NC(=O)CCCn1cncn1. The molecule has 3 aromatic rings. The first-order chi connectivity index (χ1) is 14.6. The molecule has 1 aromatic heterocycles. The summed E-state index contributed by atoms with van der Waals surface area (Å²) < 4.78 is 1.70. The molecule has 154 valence electrons. The minimum absolute atomic E-state index is 0.0815. The fourth-order valence-corrected chi connectivity index (χ4v) is 3.79. The van der Waals surface area contributed by atoms with Gasteiger partial charge in [0.2, 0.25) is 5.91 Å². The van der Waals surface area contributed by atoms with Crippen molar-refractivity contribution in [3.63, 3.8) is 0 Å². The van der Waals surface area contributed by atoms with Crippen LogP contribution in [-0.4, -0.2) is 32.6 Å². The molecule has 0 saturated carbocycles. The van der Waals surface area contributed by atoms with Crippen LogP contribution in [0.4, 0.5) is 5.69 Å². The maximum Gasteiger partial charge on any atom is 0.251 e. The van der Waals surface area contributed by atoms with Gasteiger partial charge in [-0.3, -0.25) is 14.3 Å². The molecule has 0 fully saturated rings. The number of benzene rings is 2. The summed E-state index contributed by atoms with van der Waals surface area (Å²) in [5, 5.41) is 10.1. The number of carbonyl (C=O) groups is 2. The molecule has 0 atom stereocenters. The van der Waals surface area contributed by atoms with Gasteiger partial charge in [0.15, 0.2) is 0 Å². The summed E-state index contributed by atoms with van der Waals surface area (Å²) in [6, 6.07) is 13.8. The Morgan fingerprint density at radius 2 is 1.90 bits per heavy atom. The van der Waals surface area contributed by atoms with Crippen molar-refractivity contribution < 1.29 is 9.59 Å². The van der Waals surface area contributed by atoms with E-state index in [2.05, 4.69) is 32.8 Å². The zero-order valence-electron chi connectivity index (χ0n) is 17.0. The quantitative estimate of drug-likeness (QED) is 0.635. The highest BCUT2D eigenvalue weighted by molar-refractivity contribution is 5.98. The molecule has 0 saturated heterocycles. The van der Waals surface area contributed by atoms with Crippen LogP contribution < -0.4 is 10.6 Å². The van der Waals surface area contributed by atoms with Gasteiger partial charge in [0.25, 0.3) is 5.91 Å². The molecule has 1 aliphatic rings. The lowest BCUT2D eigenvalue weighted by Gasteiger charge is -2.14. The Morgan fingerprint density at radius 1 is 1.13 bits per heavy atom. The predicted molar refractivity (Wildman–Crippen MR) is 114 cm³/mol. The van der Waals surface area contributed by atoms with E-state index in [9.17, 15) is 9.59 Å². The second kappa shape index (κ2) is 8.90. The normalized spacial score (nSPS) is 13.1. The fraction of sp³-hybridized carbons (Fsp3) is 0.304. The van der Waals surface area contributed by atoms with Gasteiger partial charge in [0, 0.05) is 30.3 Å². The topological polar surface area (TPSA) is 88.9 Å². The molecule has 2 aromatic carbocycles. The highest BCUT2D eigenvalue weighted by Gasteiger charge is 2.23. The number of aromatic nitrogens is 3. The molecule has 1 heterocycles. The van der Waals surface area contributed by atoms with Crippen LogP contribution in [-0.2, 0) is 24.2 Å². The van der Waals surface area contributed by atoms with Crippen LogP contribution in [0.5, 0.6) is 0 Å². The molecule has 7 nitrogen and oxygen atoms in total. The lowest BCUT2D eigenvalue weighted by Crippen LogP contribution is -2.35. The van der Waals surface area contributed by atoms with Crippen molar-refractivity contribution in [2.45, 2.75) is 45.2 Å². The van der Waals surface area contributed by atoms with Gasteiger partial charge in [-0.1, -0.05) is 30.3 Å². The molecule has 0 radical (unpaired) electrons. The van der Waals surface area contributed by atoms with E-state index in [1.54, 1.807) is 23.1 Å². The first-order valence-corrected chi connectivity index (χ1v) is 10.2. The summed E-state index contributed by atoms with van der Waals surface area (Å²) in [6.07, 6.45) is 5.84. The molecule has 0 unspecified atom stereocenters. The Balaban J connectivity index is 1.33. The molecule has 2 amide bonds. The number of aryl methyl sites for hydroxylation is 2. The average Bonchev–Trinajstić information content (AvgIpc) is 3.38. The monoisotopic (exact) mass is 403 g/mol. The number of hydrogen-bond acceptors (Lipinski definition) is 4. The molecule has 0 bridgehead atoms. The second-order valence-corrected chi connectivity index (χ2v) is 7.69. The smallest absolute Gasteiger partial charge is 0.251 e. The van der Waals surface area contributed by atoms with Crippen molar-refractivity contribution in [3.05, 3.63) is 77.4 Å². The van der Waals surface area contributed by atoms with Crippen LogP contribution in [0, 0.1) is 6.92 Å². The van der Waals surface area contributed by atoms with Crippen LogP contribution in [0.3, 0.4) is 0 Å². The number of anilines is 1. The summed E-state index contributed by atoms with van der Waals surface area (Å²) >= 11 is 0. The van der Waals surface area contributed by atoms with Crippen molar-refractivity contribution in [1.82, 2.24) is 20.1 Å². The minimum atomic E-state index is -0.116. The Hall–Kier alpha value is -3.48. The van der Waals surface area contributed by atoms with Crippen molar-refractivity contribution in [1.29, 1.82) is 0 Å². The summed E-state index contributed by atoms with van der Waals surface area (Å²) in [5.41, 5.74) is 4.73. The van der Waals surface area contributed by atoms with E-state index in [0.717, 1.165) is 18.4 Å². The zero-order chi connectivity index (χ0) is 20.9. The van der Waals surface area contributed by atoms with Crippen LogP contribution >= 0.6 is 0 Å². The van der Waals surface area contributed by atoms with Gasteiger partial charge in [-0.2, -0.15) is 5.10 Å². The molecule has 7 heteroatoms. The predicted octanol–water partition coefficient (Wildman–Crippen LogP) is 2.90. The number of amides is 2. The van der Waals surface area contributed by atoms with Crippen LogP contribution in [0.25, 0.3) is 0 Å².